The summed E-state index contributed by atoms with van der Waals surface area (Å²) in [6.45, 7) is 6.74. The minimum atomic E-state index is -0.519. The number of anilines is 2. The number of methoxy groups -OCH3 is 1. The van der Waals surface area contributed by atoms with E-state index in [0.29, 0.717) is 11.3 Å². The number of hydrazine groups is 1. The predicted octanol–water partition coefficient (Wildman–Crippen LogP) is 2.62. The number of hydrazone groups is 1. The Kier molecular flexibility index (Phi) is 7.28. The van der Waals surface area contributed by atoms with Crippen LogP contribution in [0.4, 0.5) is 21.6 Å². The van der Waals surface area contributed by atoms with Gasteiger partial charge in [0.1, 0.15) is 17.3 Å². The largest absolute Gasteiger partial charge is 0.378 e. The molecule has 0 bridgehead atoms. The number of amidine groups is 1. The van der Waals surface area contributed by atoms with E-state index in [9.17, 15) is 9.18 Å². The van der Waals surface area contributed by atoms with Gasteiger partial charge in [-0.15, -0.1) is 5.10 Å². The number of aliphatic imine (C=N–C) groups is 1. The van der Waals surface area contributed by atoms with Crippen molar-refractivity contribution in [2.45, 2.75) is 13.0 Å². The number of allylic oxidation sites excluding steroid dienone is 1. The smallest absolute Gasteiger partial charge is 0.258 e. The molecule has 3 rings (SSSR count). The molecule has 31 heavy (non-hydrogen) atoms. The van der Waals surface area contributed by atoms with Crippen molar-refractivity contribution in [1.29, 1.82) is 0 Å². The lowest BCUT2D eigenvalue weighted by Crippen LogP contribution is -2.52. The number of ether oxygens (including phenoxy) is 1. The summed E-state index contributed by atoms with van der Waals surface area (Å²) in [4.78, 5) is 22.7. The van der Waals surface area contributed by atoms with E-state index in [0.717, 1.165) is 18.9 Å². The van der Waals surface area contributed by atoms with E-state index in [2.05, 4.69) is 43.0 Å². The number of carbonyl (C=O) groups excluding carboxylic acids is 1. The molecule has 1 aliphatic rings. The van der Waals surface area contributed by atoms with Crippen LogP contribution in [0.2, 0.25) is 0 Å². The summed E-state index contributed by atoms with van der Waals surface area (Å²) in [7, 11) is 1.68. The number of amides is 1. The first-order valence-corrected chi connectivity index (χ1v) is 9.57. The summed E-state index contributed by atoms with van der Waals surface area (Å²) in [6, 6.07) is 7.89. The number of rotatable bonds is 8. The Hall–Kier alpha value is -3.79. The van der Waals surface area contributed by atoms with Crippen LogP contribution in [-0.2, 0) is 4.74 Å². The number of pyridine rings is 1. The van der Waals surface area contributed by atoms with Crippen molar-refractivity contribution in [2.24, 2.45) is 10.1 Å². The van der Waals surface area contributed by atoms with Gasteiger partial charge >= 0.3 is 0 Å². The van der Waals surface area contributed by atoms with Gasteiger partial charge in [-0.2, -0.15) is 0 Å². The lowest BCUT2D eigenvalue weighted by atomic mass is 10.1. The summed E-state index contributed by atoms with van der Waals surface area (Å²) in [5.74, 6) is 0.110. The molecular weight excluding hydrogens is 401 g/mol. The zero-order valence-electron chi connectivity index (χ0n) is 17.3. The molecule has 0 atom stereocenters. The monoisotopic (exact) mass is 425 g/mol. The average Bonchev–Trinajstić information content (AvgIpc) is 2.74. The number of halogens is 1. The maximum Gasteiger partial charge on any atom is 0.258 e. The van der Waals surface area contributed by atoms with Crippen LogP contribution in [0.15, 0.2) is 58.8 Å². The van der Waals surface area contributed by atoms with Crippen LogP contribution in [0.3, 0.4) is 0 Å². The molecule has 9 nitrogen and oxygen atoms in total. The molecule has 10 heteroatoms. The fourth-order valence-electron chi connectivity index (χ4n) is 2.85. The van der Waals surface area contributed by atoms with Gasteiger partial charge in [0, 0.05) is 26.4 Å². The summed E-state index contributed by atoms with van der Waals surface area (Å²) in [5, 5.41) is 6.72. The molecule has 2 heterocycles. The van der Waals surface area contributed by atoms with Gasteiger partial charge in [0.2, 0.25) is 0 Å². The minimum Gasteiger partial charge on any atom is -0.378 e. The third kappa shape index (κ3) is 5.43. The van der Waals surface area contributed by atoms with Crippen LogP contribution >= 0.6 is 0 Å². The Labute approximate surface area is 179 Å². The Balaban J connectivity index is 1.62. The van der Waals surface area contributed by atoms with Crippen molar-refractivity contribution in [2.75, 3.05) is 30.5 Å². The summed E-state index contributed by atoms with van der Waals surface area (Å²) < 4.78 is 19.2. The lowest BCUT2D eigenvalue weighted by molar-refractivity contribution is 0.0783. The first-order valence-electron chi connectivity index (χ1n) is 9.57. The van der Waals surface area contributed by atoms with Gasteiger partial charge < -0.3 is 15.0 Å². The molecule has 1 aromatic carbocycles. The maximum absolute atomic E-state index is 14.0. The van der Waals surface area contributed by atoms with E-state index >= 15 is 0 Å². The molecule has 0 spiro atoms. The highest BCUT2D eigenvalue weighted by atomic mass is 19.1. The van der Waals surface area contributed by atoms with Gasteiger partial charge in [-0.05, 0) is 44.0 Å². The first-order chi connectivity index (χ1) is 15.0. The summed E-state index contributed by atoms with van der Waals surface area (Å²) in [6.07, 6.45) is 5.02. The molecule has 1 amide bonds. The van der Waals surface area contributed by atoms with Crippen LogP contribution < -0.4 is 21.2 Å². The quantitative estimate of drug-likeness (QED) is 0.341. The van der Waals surface area contributed by atoms with Gasteiger partial charge in [0.05, 0.1) is 17.4 Å². The standard InChI is InChI=1S/C21H24FN7O2/c1-4-6-18(26-28-27-20-16(22)7-5-8-17(20)23-2)25-21(30)14-9-10-19(24-11-14)29-12-15(13-29)31-3/h4-11,15,27-28H,2,12-13H2,1,3H3,(H,25,26,30)/b6-4+. The molecule has 1 aliphatic heterocycles. The fourth-order valence-corrected chi connectivity index (χ4v) is 2.85. The van der Waals surface area contributed by atoms with E-state index in [1.807, 2.05) is 0 Å². The molecule has 0 unspecified atom stereocenters. The maximum atomic E-state index is 14.0. The van der Waals surface area contributed by atoms with E-state index in [-0.39, 0.29) is 23.5 Å². The van der Waals surface area contributed by atoms with Crippen LogP contribution in [0.25, 0.3) is 0 Å². The minimum absolute atomic E-state index is 0.0916. The van der Waals surface area contributed by atoms with Crippen LogP contribution in [0.5, 0.6) is 0 Å². The number of aromatic nitrogens is 1. The first kappa shape index (κ1) is 21.9. The van der Waals surface area contributed by atoms with E-state index < -0.39 is 5.82 Å². The van der Waals surface area contributed by atoms with Crippen molar-refractivity contribution in [3.05, 3.63) is 60.1 Å². The number of nitrogens with zero attached hydrogens (tertiary/aromatic N) is 4. The Bertz CT molecular complexity index is 986. The summed E-state index contributed by atoms with van der Waals surface area (Å²) in [5.41, 5.74) is 5.93. The van der Waals surface area contributed by atoms with Gasteiger partial charge in [0.25, 0.3) is 5.91 Å². The van der Waals surface area contributed by atoms with Gasteiger partial charge in [-0.3, -0.25) is 15.2 Å². The van der Waals surface area contributed by atoms with Gasteiger partial charge in [-0.1, -0.05) is 12.1 Å². The summed E-state index contributed by atoms with van der Waals surface area (Å²) >= 11 is 0. The van der Waals surface area contributed by atoms with Crippen LogP contribution in [0, 0.1) is 5.82 Å². The van der Waals surface area contributed by atoms with E-state index in [1.165, 1.54) is 18.3 Å². The van der Waals surface area contributed by atoms with E-state index in [4.69, 9.17) is 4.74 Å². The highest BCUT2D eigenvalue weighted by Crippen LogP contribution is 2.26. The number of benzene rings is 1. The lowest BCUT2D eigenvalue weighted by Gasteiger charge is -2.38. The third-order valence-electron chi connectivity index (χ3n) is 4.60. The molecule has 162 valence electrons. The molecule has 2 aromatic rings. The Morgan fingerprint density at radius 2 is 2.16 bits per heavy atom. The highest BCUT2D eigenvalue weighted by molar-refractivity contribution is 6.10. The number of nitrogens with one attached hydrogen (secondary N) is 3. The molecule has 1 saturated heterocycles. The molecule has 0 saturated carbocycles. The normalized spacial score (nSPS) is 14.3. The molecular formula is C21H24FN7O2. The Morgan fingerprint density at radius 1 is 1.35 bits per heavy atom. The third-order valence-corrected chi connectivity index (χ3v) is 4.60. The molecule has 1 fully saturated rings. The van der Waals surface area contributed by atoms with Crippen molar-refractivity contribution in [3.63, 3.8) is 0 Å². The van der Waals surface area contributed by atoms with Crippen LogP contribution in [-0.4, -0.2) is 49.7 Å². The number of carbonyl (C=O) groups is 1. The second-order valence-corrected chi connectivity index (χ2v) is 6.65. The van der Waals surface area contributed by atoms with Crippen molar-refractivity contribution in [1.82, 2.24) is 15.8 Å². The number of hydrogen-bond donors (Lipinski definition) is 3. The topological polar surface area (TPSA) is 103 Å². The molecule has 3 N–H and O–H groups in total. The second kappa shape index (κ2) is 10.3. The number of para-hydroxylation sites is 1. The van der Waals surface area contributed by atoms with E-state index in [1.54, 1.807) is 44.4 Å². The zero-order valence-corrected chi connectivity index (χ0v) is 17.3. The SMILES string of the molecule is C=Nc1cccc(F)c1NN/N=C(\C=C\C)NC(=O)c1ccc(N2CC(OC)C2)nc1. The van der Waals surface area contributed by atoms with Crippen LogP contribution in [0.1, 0.15) is 17.3 Å². The van der Waals surface area contributed by atoms with Gasteiger partial charge in [-0.25, -0.2) is 14.9 Å². The van der Waals surface area contributed by atoms with Crippen molar-refractivity contribution < 1.29 is 13.9 Å². The molecule has 0 aliphatic carbocycles. The highest BCUT2D eigenvalue weighted by Gasteiger charge is 2.27. The van der Waals surface area contributed by atoms with Crippen molar-refractivity contribution >= 4 is 35.7 Å². The Morgan fingerprint density at radius 3 is 2.81 bits per heavy atom. The average molecular weight is 425 g/mol. The van der Waals surface area contributed by atoms with Crippen molar-refractivity contribution in [3.8, 4) is 0 Å². The molecule has 1 aromatic heterocycles. The predicted molar refractivity (Wildman–Crippen MR) is 119 cm³/mol. The zero-order chi connectivity index (χ0) is 22.2. The fraction of sp³-hybridized carbons (Fsp3) is 0.238. The van der Waals surface area contributed by atoms with Gasteiger partial charge in [0.15, 0.2) is 5.84 Å². The second-order valence-electron chi connectivity index (χ2n) is 6.65. The number of hydrogen-bond acceptors (Lipinski definition) is 8. The molecule has 0 radical (unpaired) electrons.